The first-order valence-electron chi connectivity index (χ1n) is 8.42. The fourth-order valence-corrected chi connectivity index (χ4v) is 4.55. The fraction of sp³-hybridized carbons (Fsp3) is 0.278. The second-order valence-corrected chi connectivity index (χ2v) is 7.56. The molecule has 0 spiro atoms. The van der Waals surface area contributed by atoms with Crippen molar-refractivity contribution in [1.82, 2.24) is 15.3 Å². The largest absolute Gasteiger partial charge is 0.416 e. The minimum atomic E-state index is -4.70. The SMILES string of the molecule is O=C(NCc1cc(F)cc(C(F)(F)F)c1)c1nc2sc3c(c2c(=O)[nH]1)CCC3. The normalized spacial score (nSPS) is 13.7. The van der Waals surface area contributed by atoms with Gasteiger partial charge in [0.1, 0.15) is 10.6 Å². The lowest BCUT2D eigenvalue weighted by molar-refractivity contribution is -0.137. The van der Waals surface area contributed by atoms with Crippen molar-refractivity contribution >= 4 is 27.5 Å². The summed E-state index contributed by atoms with van der Waals surface area (Å²) in [5, 5.41) is 2.86. The first kappa shape index (κ1) is 18.6. The molecule has 0 aliphatic heterocycles. The number of benzene rings is 1. The molecular weight excluding hydrogens is 398 g/mol. The summed E-state index contributed by atoms with van der Waals surface area (Å²) in [7, 11) is 0. The van der Waals surface area contributed by atoms with Crippen LogP contribution < -0.4 is 10.9 Å². The van der Waals surface area contributed by atoms with E-state index in [4.69, 9.17) is 0 Å². The lowest BCUT2D eigenvalue weighted by atomic mass is 10.1. The van der Waals surface area contributed by atoms with Gasteiger partial charge in [-0.2, -0.15) is 13.2 Å². The Hall–Kier alpha value is -2.75. The van der Waals surface area contributed by atoms with Crippen molar-refractivity contribution < 1.29 is 22.4 Å². The lowest BCUT2D eigenvalue weighted by Gasteiger charge is -2.10. The van der Waals surface area contributed by atoms with E-state index in [9.17, 15) is 27.2 Å². The molecule has 0 atom stereocenters. The molecule has 28 heavy (non-hydrogen) atoms. The van der Waals surface area contributed by atoms with Gasteiger partial charge < -0.3 is 10.3 Å². The van der Waals surface area contributed by atoms with E-state index >= 15 is 0 Å². The molecule has 146 valence electrons. The number of alkyl halides is 3. The number of nitrogens with one attached hydrogen (secondary N) is 2. The maximum Gasteiger partial charge on any atom is 0.416 e. The van der Waals surface area contributed by atoms with Crippen LogP contribution in [0.5, 0.6) is 0 Å². The second-order valence-electron chi connectivity index (χ2n) is 6.48. The Balaban J connectivity index is 1.56. The molecule has 0 unspecified atom stereocenters. The lowest BCUT2D eigenvalue weighted by Crippen LogP contribution is -2.27. The molecule has 1 aromatic carbocycles. The monoisotopic (exact) mass is 411 g/mol. The standard InChI is InChI=1S/C18H13F4N3O2S/c19-10-5-8(4-9(6-10)18(20,21)22)7-23-16(27)14-24-15(26)13-11-2-1-3-12(11)28-17(13)25-14/h4-6H,1-3,7H2,(H,23,27)(H,24,25,26). The summed E-state index contributed by atoms with van der Waals surface area (Å²) in [6.07, 6.45) is -2.05. The first-order chi connectivity index (χ1) is 13.2. The van der Waals surface area contributed by atoms with Crippen LogP contribution in [0.25, 0.3) is 10.2 Å². The molecule has 3 aromatic rings. The number of nitrogens with zero attached hydrogens (tertiary/aromatic N) is 1. The van der Waals surface area contributed by atoms with Crippen molar-refractivity contribution in [2.24, 2.45) is 0 Å². The van der Waals surface area contributed by atoms with E-state index in [1.54, 1.807) is 0 Å². The molecule has 10 heteroatoms. The molecule has 0 bridgehead atoms. The fourth-order valence-electron chi connectivity index (χ4n) is 3.29. The molecule has 0 radical (unpaired) electrons. The zero-order valence-corrected chi connectivity index (χ0v) is 15.1. The summed E-state index contributed by atoms with van der Waals surface area (Å²) in [5.41, 5.74) is -0.642. The quantitative estimate of drug-likeness (QED) is 0.648. The number of aromatic nitrogens is 2. The average molecular weight is 411 g/mol. The molecule has 2 N–H and O–H groups in total. The zero-order valence-electron chi connectivity index (χ0n) is 14.2. The third kappa shape index (κ3) is 3.39. The Labute approximate surface area is 159 Å². The number of carbonyl (C=O) groups is 1. The third-order valence-electron chi connectivity index (χ3n) is 4.53. The van der Waals surface area contributed by atoms with Crippen LogP contribution in [0.4, 0.5) is 17.6 Å². The highest BCUT2D eigenvalue weighted by molar-refractivity contribution is 7.18. The predicted molar refractivity (Wildman–Crippen MR) is 94.8 cm³/mol. The van der Waals surface area contributed by atoms with Gasteiger partial charge in [-0.15, -0.1) is 11.3 Å². The van der Waals surface area contributed by atoms with E-state index in [1.807, 2.05) is 0 Å². The number of rotatable bonds is 3. The van der Waals surface area contributed by atoms with Gasteiger partial charge in [0.2, 0.25) is 5.82 Å². The summed E-state index contributed by atoms with van der Waals surface area (Å²) in [6, 6.07) is 2.04. The van der Waals surface area contributed by atoms with Crippen LogP contribution in [-0.4, -0.2) is 15.9 Å². The average Bonchev–Trinajstić information content (AvgIpc) is 3.18. The van der Waals surface area contributed by atoms with Gasteiger partial charge >= 0.3 is 6.18 Å². The molecule has 4 rings (SSSR count). The molecule has 0 saturated carbocycles. The highest BCUT2D eigenvalue weighted by atomic mass is 32.1. The van der Waals surface area contributed by atoms with Gasteiger partial charge in [-0.05, 0) is 48.6 Å². The molecular formula is C18H13F4N3O2S. The van der Waals surface area contributed by atoms with Crippen LogP contribution in [0.3, 0.4) is 0 Å². The molecule has 1 amide bonds. The van der Waals surface area contributed by atoms with Gasteiger partial charge in [-0.1, -0.05) is 0 Å². The van der Waals surface area contributed by atoms with Crippen molar-refractivity contribution in [3.63, 3.8) is 0 Å². The molecule has 5 nitrogen and oxygen atoms in total. The molecule has 0 fully saturated rings. The van der Waals surface area contributed by atoms with Crippen LogP contribution in [-0.2, 0) is 25.6 Å². The summed E-state index contributed by atoms with van der Waals surface area (Å²) in [6.45, 7) is -0.345. The number of halogens is 4. The molecule has 1 aliphatic carbocycles. The number of carbonyl (C=O) groups excluding carboxylic acids is 1. The van der Waals surface area contributed by atoms with E-state index < -0.39 is 29.0 Å². The summed E-state index contributed by atoms with van der Waals surface area (Å²) in [4.78, 5) is 32.8. The van der Waals surface area contributed by atoms with Gasteiger partial charge in [0.25, 0.3) is 11.5 Å². The highest BCUT2D eigenvalue weighted by Crippen LogP contribution is 2.34. The number of H-pyrrole nitrogens is 1. The number of aryl methyl sites for hydroxylation is 2. The van der Waals surface area contributed by atoms with Crippen LogP contribution in [0.15, 0.2) is 23.0 Å². The number of fused-ring (bicyclic) bond motifs is 3. The van der Waals surface area contributed by atoms with Crippen molar-refractivity contribution in [1.29, 1.82) is 0 Å². The maximum atomic E-state index is 13.4. The number of thiophene rings is 1. The Bertz CT molecular complexity index is 1150. The first-order valence-corrected chi connectivity index (χ1v) is 9.23. The highest BCUT2D eigenvalue weighted by Gasteiger charge is 2.31. The van der Waals surface area contributed by atoms with Crippen LogP contribution in [0.1, 0.15) is 38.6 Å². The molecule has 2 heterocycles. The Morgan fingerprint density at radius 2 is 2.04 bits per heavy atom. The maximum absolute atomic E-state index is 13.4. The van der Waals surface area contributed by atoms with Crippen LogP contribution in [0.2, 0.25) is 0 Å². The van der Waals surface area contributed by atoms with Gasteiger partial charge in [0.05, 0.1) is 10.9 Å². The molecule has 1 aliphatic rings. The number of hydrogen-bond donors (Lipinski definition) is 2. The van der Waals surface area contributed by atoms with E-state index in [-0.39, 0.29) is 17.9 Å². The van der Waals surface area contributed by atoms with Crippen LogP contribution >= 0.6 is 11.3 Å². The zero-order chi connectivity index (χ0) is 20.1. The summed E-state index contributed by atoms with van der Waals surface area (Å²) >= 11 is 1.37. The van der Waals surface area contributed by atoms with Gasteiger partial charge in [0.15, 0.2) is 0 Å². The number of hydrogen-bond acceptors (Lipinski definition) is 4. The summed E-state index contributed by atoms with van der Waals surface area (Å²) < 4.78 is 51.8. The molecule has 0 saturated heterocycles. The van der Waals surface area contributed by atoms with Gasteiger partial charge in [0, 0.05) is 11.4 Å². The van der Waals surface area contributed by atoms with Crippen molar-refractivity contribution in [2.75, 3.05) is 0 Å². The van der Waals surface area contributed by atoms with E-state index in [0.717, 1.165) is 41.8 Å². The Morgan fingerprint density at radius 3 is 2.79 bits per heavy atom. The second kappa shape index (κ2) is 6.69. The number of amides is 1. The molecule has 2 aromatic heterocycles. The van der Waals surface area contributed by atoms with E-state index in [2.05, 4.69) is 15.3 Å². The van der Waals surface area contributed by atoms with E-state index in [1.165, 1.54) is 11.3 Å². The minimum Gasteiger partial charge on any atom is -0.345 e. The van der Waals surface area contributed by atoms with Gasteiger partial charge in [-0.3, -0.25) is 9.59 Å². The Kier molecular flexibility index (Phi) is 4.45. The van der Waals surface area contributed by atoms with E-state index in [0.29, 0.717) is 16.3 Å². The number of aromatic amines is 1. The Morgan fingerprint density at radius 1 is 1.25 bits per heavy atom. The predicted octanol–water partition coefficient (Wildman–Crippen LogP) is 3.56. The summed E-state index contributed by atoms with van der Waals surface area (Å²) in [5.74, 6) is -2.05. The van der Waals surface area contributed by atoms with Crippen molar-refractivity contribution in [3.8, 4) is 0 Å². The van der Waals surface area contributed by atoms with Gasteiger partial charge in [-0.25, -0.2) is 9.37 Å². The topological polar surface area (TPSA) is 74.8 Å². The van der Waals surface area contributed by atoms with Crippen molar-refractivity contribution in [2.45, 2.75) is 32.0 Å². The van der Waals surface area contributed by atoms with Crippen LogP contribution in [0, 0.1) is 5.82 Å². The van der Waals surface area contributed by atoms with Crippen molar-refractivity contribution in [3.05, 3.63) is 61.8 Å². The minimum absolute atomic E-state index is 0.0563. The third-order valence-corrected chi connectivity index (χ3v) is 5.71. The smallest absolute Gasteiger partial charge is 0.345 e.